The Kier molecular flexibility index (Phi) is 6.14. The Bertz CT molecular complexity index is 1420. The zero-order valence-corrected chi connectivity index (χ0v) is 19.3. The molecular weight excluding hydrogens is 482 g/mol. The number of rotatable bonds is 5. The molecule has 1 amide bonds. The van der Waals surface area contributed by atoms with Crippen LogP contribution in [0.1, 0.15) is 52.4 Å². The van der Waals surface area contributed by atoms with Crippen molar-refractivity contribution in [3.8, 4) is 0 Å². The average Bonchev–Trinajstić information content (AvgIpc) is 3.23. The van der Waals surface area contributed by atoms with Gasteiger partial charge in [-0.25, -0.2) is 0 Å². The van der Waals surface area contributed by atoms with Crippen LogP contribution in [0.4, 0.5) is 26.3 Å². The Labute approximate surface area is 203 Å². The van der Waals surface area contributed by atoms with Crippen molar-refractivity contribution in [3.05, 3.63) is 107 Å². The lowest BCUT2D eigenvalue weighted by atomic mass is 9.73. The number of alkyl halides is 6. The summed E-state index contributed by atoms with van der Waals surface area (Å²) in [6.45, 7) is 3.41. The van der Waals surface area contributed by atoms with Gasteiger partial charge in [-0.1, -0.05) is 48.5 Å². The minimum atomic E-state index is -5.24. The molecule has 3 nitrogen and oxygen atoms in total. The lowest BCUT2D eigenvalue weighted by Crippen LogP contribution is -2.36. The molecule has 9 heteroatoms. The predicted octanol–water partition coefficient (Wildman–Crippen LogP) is 7.35. The Morgan fingerprint density at radius 1 is 0.833 bits per heavy atom. The number of primary amides is 1. The Morgan fingerprint density at radius 3 is 2.03 bits per heavy atom. The molecule has 1 unspecified atom stereocenters. The molecule has 1 atom stereocenters. The van der Waals surface area contributed by atoms with Crippen LogP contribution in [0, 0.1) is 0 Å². The smallest absolute Gasteiger partial charge is 0.366 e. The van der Waals surface area contributed by atoms with Gasteiger partial charge in [0, 0.05) is 23.2 Å². The lowest BCUT2D eigenvalue weighted by Gasteiger charge is -2.39. The highest BCUT2D eigenvalue weighted by molar-refractivity contribution is 5.97. The van der Waals surface area contributed by atoms with Crippen LogP contribution in [0.5, 0.6) is 0 Å². The fraction of sp³-hybridized carbons (Fsp3) is 0.222. The molecule has 0 radical (unpaired) electrons. The largest absolute Gasteiger partial charge is 0.417 e. The highest BCUT2D eigenvalue weighted by atomic mass is 19.4. The van der Waals surface area contributed by atoms with Gasteiger partial charge in [0.15, 0.2) is 0 Å². The van der Waals surface area contributed by atoms with Crippen LogP contribution in [0.2, 0.25) is 0 Å². The van der Waals surface area contributed by atoms with Crippen LogP contribution in [0.3, 0.4) is 0 Å². The quantitative estimate of drug-likeness (QED) is 0.284. The van der Waals surface area contributed by atoms with Gasteiger partial charge in [0.2, 0.25) is 5.91 Å². The second-order valence-electron chi connectivity index (χ2n) is 9.09. The van der Waals surface area contributed by atoms with Crippen molar-refractivity contribution < 1.29 is 31.1 Å². The molecule has 0 aliphatic heterocycles. The van der Waals surface area contributed by atoms with Crippen LogP contribution in [0.15, 0.2) is 79.0 Å². The van der Waals surface area contributed by atoms with Crippen molar-refractivity contribution in [2.75, 3.05) is 0 Å². The normalized spacial score (nSPS) is 13.7. The van der Waals surface area contributed by atoms with E-state index < -0.39 is 52.0 Å². The molecule has 3 aromatic carbocycles. The third-order valence-electron chi connectivity index (χ3n) is 6.42. The summed E-state index contributed by atoms with van der Waals surface area (Å²) >= 11 is 0. The molecule has 2 N–H and O–H groups in total. The molecule has 0 aliphatic rings. The second kappa shape index (κ2) is 8.72. The first-order valence-corrected chi connectivity index (χ1v) is 11.0. The molecule has 36 heavy (non-hydrogen) atoms. The van der Waals surface area contributed by atoms with E-state index in [2.05, 4.69) is 0 Å². The molecule has 4 rings (SSSR count). The van der Waals surface area contributed by atoms with Crippen LogP contribution in [-0.4, -0.2) is 10.5 Å². The van der Waals surface area contributed by atoms with E-state index >= 15 is 0 Å². The molecule has 4 aromatic rings. The maximum Gasteiger partial charge on any atom is 0.417 e. The van der Waals surface area contributed by atoms with E-state index in [-0.39, 0.29) is 6.07 Å². The minimum Gasteiger partial charge on any atom is -0.366 e. The van der Waals surface area contributed by atoms with Gasteiger partial charge < -0.3 is 10.3 Å². The summed E-state index contributed by atoms with van der Waals surface area (Å²) in [7, 11) is 0. The number of carbonyl (C=O) groups excluding carboxylic acids is 1. The van der Waals surface area contributed by atoms with Crippen molar-refractivity contribution in [2.45, 2.75) is 37.7 Å². The zero-order chi connectivity index (χ0) is 26.5. The van der Waals surface area contributed by atoms with Crippen LogP contribution >= 0.6 is 0 Å². The highest BCUT2D eigenvalue weighted by Gasteiger charge is 2.44. The first-order valence-electron chi connectivity index (χ1n) is 11.0. The Hall–Kier alpha value is -3.75. The molecule has 0 saturated carbocycles. The van der Waals surface area contributed by atoms with E-state index in [0.29, 0.717) is 11.6 Å². The Balaban J connectivity index is 2.13. The number of para-hydroxylation sites is 1. The highest BCUT2D eigenvalue weighted by Crippen LogP contribution is 2.47. The number of hydrogen-bond donors (Lipinski definition) is 1. The maximum absolute atomic E-state index is 14.0. The van der Waals surface area contributed by atoms with Gasteiger partial charge in [0.05, 0.1) is 16.7 Å². The molecule has 188 valence electrons. The first kappa shape index (κ1) is 25.3. The van der Waals surface area contributed by atoms with Gasteiger partial charge in [-0.3, -0.25) is 4.79 Å². The summed E-state index contributed by atoms with van der Waals surface area (Å²) in [5.74, 6) is -2.57. The van der Waals surface area contributed by atoms with E-state index in [1.807, 2.05) is 12.1 Å². The summed E-state index contributed by atoms with van der Waals surface area (Å²) in [5.41, 5.74) is 0.783. The third kappa shape index (κ3) is 4.45. The Morgan fingerprint density at radius 2 is 1.44 bits per heavy atom. The molecule has 1 aromatic heterocycles. The summed E-state index contributed by atoms with van der Waals surface area (Å²) in [4.78, 5) is 12.4. The van der Waals surface area contributed by atoms with Crippen LogP contribution < -0.4 is 5.73 Å². The van der Waals surface area contributed by atoms with E-state index in [9.17, 15) is 31.1 Å². The summed E-state index contributed by atoms with van der Waals surface area (Å²) in [6, 6.07) is 17.8. The number of nitrogens with zero attached hydrogens (tertiary/aromatic N) is 1. The van der Waals surface area contributed by atoms with Gasteiger partial charge in [-0.2, -0.15) is 26.3 Å². The number of amides is 1. The number of benzene rings is 3. The topological polar surface area (TPSA) is 48.0 Å². The van der Waals surface area contributed by atoms with Gasteiger partial charge in [0.1, 0.15) is 0 Å². The van der Waals surface area contributed by atoms with Crippen molar-refractivity contribution in [3.63, 3.8) is 0 Å². The number of fused-ring (bicyclic) bond motifs is 1. The number of nitrogens with two attached hydrogens (primary N) is 1. The van der Waals surface area contributed by atoms with Crippen molar-refractivity contribution >= 4 is 16.8 Å². The van der Waals surface area contributed by atoms with E-state index in [1.54, 1.807) is 73.1 Å². The monoisotopic (exact) mass is 504 g/mol. The molecular formula is C27H22F6N2O. The molecule has 1 heterocycles. The maximum atomic E-state index is 14.0. The molecule has 0 spiro atoms. The van der Waals surface area contributed by atoms with E-state index in [4.69, 9.17) is 5.73 Å². The fourth-order valence-corrected chi connectivity index (χ4v) is 4.89. The van der Waals surface area contributed by atoms with Gasteiger partial charge in [-0.15, -0.1) is 0 Å². The second-order valence-corrected chi connectivity index (χ2v) is 9.09. The van der Waals surface area contributed by atoms with Gasteiger partial charge in [0.25, 0.3) is 0 Å². The van der Waals surface area contributed by atoms with Crippen molar-refractivity contribution in [1.29, 1.82) is 0 Å². The molecule has 0 bridgehead atoms. The summed E-state index contributed by atoms with van der Waals surface area (Å²) < 4.78 is 85.3. The SMILES string of the molecule is CC(C)(C(c1ccccc1)c1cc(C(F)(F)F)cc(C(F)(F)F)c1C(N)=O)n1ccc2ccccc21. The molecule has 0 fully saturated rings. The third-order valence-corrected chi connectivity index (χ3v) is 6.42. The first-order chi connectivity index (χ1) is 16.7. The van der Waals surface area contributed by atoms with E-state index in [0.717, 1.165) is 10.9 Å². The summed E-state index contributed by atoms with van der Waals surface area (Å²) in [5, 5.41) is 0.840. The summed E-state index contributed by atoms with van der Waals surface area (Å²) in [6.07, 6.45) is -8.61. The average molecular weight is 504 g/mol. The van der Waals surface area contributed by atoms with Crippen LogP contribution in [-0.2, 0) is 17.9 Å². The van der Waals surface area contributed by atoms with Crippen molar-refractivity contribution in [1.82, 2.24) is 4.57 Å². The fourth-order valence-electron chi connectivity index (χ4n) is 4.89. The number of hydrogen-bond acceptors (Lipinski definition) is 1. The van der Waals surface area contributed by atoms with Crippen molar-refractivity contribution in [2.24, 2.45) is 5.73 Å². The molecule has 0 aliphatic carbocycles. The molecule has 0 saturated heterocycles. The predicted molar refractivity (Wildman–Crippen MR) is 125 cm³/mol. The van der Waals surface area contributed by atoms with Gasteiger partial charge >= 0.3 is 12.4 Å². The standard InChI is InChI=1S/C27H22F6N2O/c1-25(2,35-13-12-16-8-6-7-11-21(16)35)23(17-9-4-3-5-10-17)19-14-18(26(28,29)30)15-20(27(31,32)33)22(19)24(34)36/h3-15,23H,1-2H3,(H2,34,36). The lowest BCUT2D eigenvalue weighted by molar-refractivity contribution is -0.143. The minimum absolute atomic E-state index is 0.0519. The number of aromatic nitrogens is 1. The van der Waals surface area contributed by atoms with Crippen LogP contribution in [0.25, 0.3) is 10.9 Å². The van der Waals surface area contributed by atoms with E-state index in [1.165, 1.54) is 0 Å². The number of carbonyl (C=O) groups is 1. The number of halogens is 6. The zero-order valence-electron chi connectivity index (χ0n) is 19.3. The van der Waals surface area contributed by atoms with Gasteiger partial charge in [-0.05, 0) is 54.6 Å².